The van der Waals surface area contributed by atoms with Crippen LogP contribution in [0.25, 0.3) is 0 Å². The monoisotopic (exact) mass is 386 g/mol. The first kappa shape index (κ1) is 18.8. The fraction of sp³-hybridized carbons (Fsp3) is 0.647. The molecule has 0 aromatic heterocycles. The number of benzene rings is 1. The van der Waals surface area contributed by atoms with Gasteiger partial charge in [0.1, 0.15) is 0 Å². The maximum absolute atomic E-state index is 13.0. The van der Waals surface area contributed by atoms with E-state index in [0.717, 1.165) is 31.6 Å². The third-order valence-corrected chi connectivity index (χ3v) is 8.20. The molecule has 25 heavy (non-hydrogen) atoms. The lowest BCUT2D eigenvalue weighted by Gasteiger charge is -2.32. The van der Waals surface area contributed by atoms with Crippen molar-refractivity contribution in [3.63, 3.8) is 0 Å². The molecule has 1 saturated heterocycles. The zero-order valence-corrected chi connectivity index (χ0v) is 16.4. The smallest absolute Gasteiger partial charge is 0.243 e. The van der Waals surface area contributed by atoms with E-state index in [1.165, 1.54) is 29.3 Å². The highest BCUT2D eigenvalue weighted by atomic mass is 32.2. The molecule has 0 bridgehead atoms. The van der Waals surface area contributed by atoms with Gasteiger partial charge in [-0.05, 0) is 62.8 Å². The minimum Gasteiger partial charge on any atom is -0.314 e. The van der Waals surface area contributed by atoms with Crippen LogP contribution in [-0.2, 0) is 19.9 Å². The normalized spacial score (nSPS) is 20.7. The first-order valence-electron chi connectivity index (χ1n) is 8.72. The summed E-state index contributed by atoms with van der Waals surface area (Å²) in [7, 11) is -7.12. The summed E-state index contributed by atoms with van der Waals surface area (Å²) in [6.07, 6.45) is 5.27. The average Bonchev–Trinajstić information content (AvgIpc) is 3.37. The van der Waals surface area contributed by atoms with Gasteiger partial charge in [0.15, 0.2) is 9.84 Å². The number of sulfonamides is 1. The molecule has 0 spiro atoms. The molecular formula is C17H26N2O4S2. The maximum atomic E-state index is 13.0. The Labute approximate surface area is 150 Å². The van der Waals surface area contributed by atoms with Crippen LogP contribution in [0.1, 0.15) is 31.2 Å². The van der Waals surface area contributed by atoms with Gasteiger partial charge in [0.05, 0.1) is 9.79 Å². The highest BCUT2D eigenvalue weighted by molar-refractivity contribution is 7.91. The Morgan fingerprint density at radius 3 is 2.28 bits per heavy atom. The summed E-state index contributed by atoms with van der Waals surface area (Å²) in [6, 6.07) is 4.68. The van der Waals surface area contributed by atoms with Crippen molar-refractivity contribution in [1.82, 2.24) is 9.62 Å². The zero-order chi connectivity index (χ0) is 18.2. The highest BCUT2D eigenvalue weighted by Gasteiger charge is 2.31. The van der Waals surface area contributed by atoms with Gasteiger partial charge in [-0.1, -0.05) is 6.07 Å². The van der Waals surface area contributed by atoms with Gasteiger partial charge in [0, 0.05) is 25.4 Å². The molecule has 1 aromatic carbocycles. The number of nitrogens with one attached hydrogen (secondary N) is 1. The molecule has 6 nitrogen and oxygen atoms in total. The van der Waals surface area contributed by atoms with Crippen LogP contribution in [0, 0.1) is 12.8 Å². The second-order valence-corrected chi connectivity index (χ2v) is 11.2. The van der Waals surface area contributed by atoms with E-state index in [1.807, 2.05) is 0 Å². The minimum atomic E-state index is -3.68. The molecule has 140 valence electrons. The van der Waals surface area contributed by atoms with E-state index >= 15 is 0 Å². The van der Waals surface area contributed by atoms with Crippen LogP contribution in [-0.4, -0.2) is 53.1 Å². The SMILES string of the molecule is Cc1ccc(S(C)(=O)=O)cc1S(=O)(=O)N1CCC(NCC2CC2)CC1. The maximum Gasteiger partial charge on any atom is 0.243 e. The molecule has 1 saturated carbocycles. The predicted molar refractivity (Wildman–Crippen MR) is 96.8 cm³/mol. The number of nitrogens with zero attached hydrogens (tertiary/aromatic N) is 1. The van der Waals surface area contributed by atoms with Crippen molar-refractivity contribution < 1.29 is 16.8 Å². The second-order valence-electron chi connectivity index (χ2n) is 7.23. The minimum absolute atomic E-state index is 0.0395. The Morgan fingerprint density at radius 1 is 1.08 bits per heavy atom. The van der Waals surface area contributed by atoms with Gasteiger partial charge in [-0.3, -0.25) is 0 Å². The van der Waals surface area contributed by atoms with E-state index < -0.39 is 19.9 Å². The van der Waals surface area contributed by atoms with Gasteiger partial charge < -0.3 is 5.32 Å². The van der Waals surface area contributed by atoms with Crippen LogP contribution < -0.4 is 5.32 Å². The summed E-state index contributed by atoms with van der Waals surface area (Å²) in [4.78, 5) is 0.137. The number of hydrogen-bond acceptors (Lipinski definition) is 5. The first-order chi connectivity index (χ1) is 11.7. The lowest BCUT2D eigenvalue weighted by atomic mass is 10.1. The van der Waals surface area contributed by atoms with Gasteiger partial charge in [-0.15, -0.1) is 0 Å². The van der Waals surface area contributed by atoms with Gasteiger partial charge in [-0.2, -0.15) is 4.31 Å². The molecule has 0 amide bonds. The number of aryl methyl sites for hydroxylation is 1. The van der Waals surface area contributed by atoms with E-state index in [0.29, 0.717) is 24.7 Å². The fourth-order valence-corrected chi connectivity index (χ4v) is 5.63. The summed E-state index contributed by atoms with van der Waals surface area (Å²) in [5.41, 5.74) is 0.571. The molecule has 0 atom stereocenters. The first-order valence-corrected chi connectivity index (χ1v) is 12.1. The van der Waals surface area contributed by atoms with Crippen LogP contribution in [0.3, 0.4) is 0 Å². The predicted octanol–water partition coefficient (Wildman–Crippen LogP) is 1.55. The molecule has 2 aliphatic rings. The molecular weight excluding hydrogens is 360 g/mol. The zero-order valence-electron chi connectivity index (χ0n) is 14.7. The second kappa shape index (κ2) is 6.98. The lowest BCUT2D eigenvalue weighted by Crippen LogP contribution is -2.45. The Kier molecular flexibility index (Phi) is 5.26. The summed E-state index contributed by atoms with van der Waals surface area (Å²) in [6.45, 7) is 3.66. The van der Waals surface area contributed by atoms with Crippen LogP contribution in [0.4, 0.5) is 0 Å². The number of piperidine rings is 1. The molecule has 1 N–H and O–H groups in total. The van der Waals surface area contributed by atoms with E-state index in [1.54, 1.807) is 13.0 Å². The Morgan fingerprint density at radius 2 is 1.72 bits per heavy atom. The summed E-state index contributed by atoms with van der Waals surface area (Å²) < 4.78 is 51.0. The Balaban J connectivity index is 1.73. The fourth-order valence-electron chi connectivity index (χ4n) is 3.18. The molecule has 0 unspecified atom stereocenters. The van der Waals surface area contributed by atoms with Crippen molar-refractivity contribution in [2.75, 3.05) is 25.9 Å². The van der Waals surface area contributed by atoms with Crippen molar-refractivity contribution in [1.29, 1.82) is 0 Å². The van der Waals surface area contributed by atoms with E-state index in [-0.39, 0.29) is 9.79 Å². The van der Waals surface area contributed by atoms with Crippen LogP contribution in [0.5, 0.6) is 0 Å². The molecule has 1 heterocycles. The number of rotatable bonds is 6. The molecule has 1 aliphatic carbocycles. The van der Waals surface area contributed by atoms with E-state index in [9.17, 15) is 16.8 Å². The Hall–Kier alpha value is -0.960. The summed E-state index contributed by atoms with van der Waals surface area (Å²) >= 11 is 0. The van der Waals surface area contributed by atoms with Crippen molar-refractivity contribution in [3.05, 3.63) is 23.8 Å². The third-order valence-electron chi connectivity index (χ3n) is 5.05. The largest absolute Gasteiger partial charge is 0.314 e. The van der Waals surface area contributed by atoms with E-state index in [4.69, 9.17) is 0 Å². The summed E-state index contributed by atoms with van der Waals surface area (Å²) in [5.74, 6) is 0.808. The van der Waals surface area contributed by atoms with Gasteiger partial charge in [0.2, 0.25) is 10.0 Å². The van der Waals surface area contributed by atoms with Crippen molar-refractivity contribution in [2.24, 2.45) is 5.92 Å². The van der Waals surface area contributed by atoms with Gasteiger partial charge in [-0.25, -0.2) is 16.8 Å². The number of sulfone groups is 1. The highest BCUT2D eigenvalue weighted by Crippen LogP contribution is 2.29. The Bertz CT molecular complexity index is 837. The third kappa shape index (κ3) is 4.42. The topological polar surface area (TPSA) is 83.5 Å². The van der Waals surface area contributed by atoms with Gasteiger partial charge >= 0.3 is 0 Å². The molecule has 1 aromatic rings. The van der Waals surface area contributed by atoms with Crippen LogP contribution in [0.15, 0.2) is 28.0 Å². The quantitative estimate of drug-likeness (QED) is 0.802. The van der Waals surface area contributed by atoms with Crippen LogP contribution >= 0.6 is 0 Å². The summed E-state index contributed by atoms with van der Waals surface area (Å²) in [5, 5.41) is 3.53. The molecule has 3 rings (SSSR count). The van der Waals surface area contributed by atoms with Crippen molar-refractivity contribution >= 4 is 19.9 Å². The van der Waals surface area contributed by atoms with Gasteiger partial charge in [0.25, 0.3) is 0 Å². The average molecular weight is 387 g/mol. The standard InChI is InChI=1S/C17H26N2O4S2/c1-13-3-6-16(24(2,20)21)11-17(13)25(22,23)19-9-7-15(8-10-19)18-12-14-4-5-14/h3,6,11,14-15,18H,4-5,7-10,12H2,1-2H3. The molecule has 2 fully saturated rings. The van der Waals surface area contributed by atoms with Crippen LogP contribution in [0.2, 0.25) is 0 Å². The lowest BCUT2D eigenvalue weighted by molar-refractivity contribution is 0.288. The molecule has 0 radical (unpaired) electrons. The molecule has 1 aliphatic heterocycles. The van der Waals surface area contributed by atoms with Crippen molar-refractivity contribution in [3.8, 4) is 0 Å². The van der Waals surface area contributed by atoms with Crippen molar-refractivity contribution in [2.45, 2.75) is 48.4 Å². The van der Waals surface area contributed by atoms with E-state index in [2.05, 4.69) is 5.32 Å². The number of hydrogen-bond donors (Lipinski definition) is 1. The molecule has 8 heteroatoms.